The van der Waals surface area contributed by atoms with Crippen LogP contribution in [0, 0.1) is 11.8 Å². The zero-order valence-electron chi connectivity index (χ0n) is 17.4. The minimum atomic E-state index is -0.920. The molecule has 1 saturated heterocycles. The highest BCUT2D eigenvalue weighted by molar-refractivity contribution is 5.94. The molecule has 0 aromatic carbocycles. The van der Waals surface area contributed by atoms with Crippen molar-refractivity contribution in [1.29, 1.82) is 0 Å². The van der Waals surface area contributed by atoms with Gasteiger partial charge in [-0.3, -0.25) is 9.48 Å². The lowest BCUT2D eigenvalue weighted by Crippen LogP contribution is -2.53. The van der Waals surface area contributed by atoms with Crippen molar-refractivity contribution in [3.8, 4) is 17.0 Å². The minimum Gasteiger partial charge on any atom is -0.487 e. The molecule has 1 aliphatic carbocycles. The summed E-state index contributed by atoms with van der Waals surface area (Å²) in [4.78, 5) is 24.7. The van der Waals surface area contributed by atoms with Gasteiger partial charge in [0.25, 0.3) is 0 Å². The summed E-state index contributed by atoms with van der Waals surface area (Å²) in [7, 11) is 1.83. The Labute approximate surface area is 178 Å². The Kier molecular flexibility index (Phi) is 4.57. The first kappa shape index (κ1) is 19.4. The summed E-state index contributed by atoms with van der Waals surface area (Å²) in [6.07, 6.45) is 4.27. The summed E-state index contributed by atoms with van der Waals surface area (Å²) in [5.41, 5.74) is 2.52. The Morgan fingerprint density at radius 2 is 2.16 bits per heavy atom. The standard InChI is InChI=1S/C21H24N6O4/c1-12-7-16(12)20(28)23-18-9-15-8-13(3-6-27(15)24-18)19-17(10-22-25(19)2)31-11-14-4-5-26(14)21(29)30/h3,6,8-10,12,14,16H,4-5,7,11H2,1-2H3,(H,29,30)(H,23,24,28)/t12-,14?,16-/m0/s1. The monoisotopic (exact) mass is 424 g/mol. The van der Waals surface area contributed by atoms with E-state index in [-0.39, 0.29) is 24.5 Å². The Morgan fingerprint density at radius 1 is 1.35 bits per heavy atom. The maximum atomic E-state index is 12.2. The molecule has 3 aromatic heterocycles. The number of nitrogens with zero attached hydrogens (tertiary/aromatic N) is 5. The number of carboxylic acid groups (broad SMARTS) is 1. The van der Waals surface area contributed by atoms with E-state index in [2.05, 4.69) is 22.4 Å². The number of aromatic nitrogens is 4. The molecule has 2 fully saturated rings. The molecule has 2 N–H and O–H groups in total. The number of hydrogen-bond donors (Lipinski definition) is 2. The van der Waals surface area contributed by atoms with Crippen molar-refractivity contribution in [1.82, 2.24) is 24.3 Å². The molecule has 4 heterocycles. The molecule has 162 valence electrons. The fourth-order valence-corrected chi connectivity index (χ4v) is 4.01. The molecule has 3 aromatic rings. The Hall–Kier alpha value is -3.56. The lowest BCUT2D eigenvalue weighted by Gasteiger charge is -2.38. The van der Waals surface area contributed by atoms with Gasteiger partial charge in [0.1, 0.15) is 12.3 Å². The summed E-state index contributed by atoms with van der Waals surface area (Å²) in [6, 6.07) is 5.57. The SMILES string of the molecule is C[C@H]1C[C@@H]1C(=O)Nc1cc2cc(-c3c(OCC4CCN4C(=O)O)cnn3C)ccn2n1. The van der Waals surface area contributed by atoms with E-state index in [0.29, 0.717) is 24.0 Å². The largest absolute Gasteiger partial charge is 0.487 e. The van der Waals surface area contributed by atoms with Crippen LogP contribution in [-0.4, -0.2) is 60.6 Å². The lowest BCUT2D eigenvalue weighted by molar-refractivity contribution is -0.117. The van der Waals surface area contributed by atoms with Gasteiger partial charge in [-0.1, -0.05) is 6.92 Å². The Bertz CT molecular complexity index is 1170. The molecular weight excluding hydrogens is 400 g/mol. The van der Waals surface area contributed by atoms with Gasteiger partial charge in [-0.15, -0.1) is 0 Å². The van der Waals surface area contributed by atoms with Gasteiger partial charge in [-0.2, -0.15) is 10.2 Å². The highest BCUT2D eigenvalue weighted by Crippen LogP contribution is 2.38. The normalized spacial score (nSPS) is 22.3. The van der Waals surface area contributed by atoms with Gasteiger partial charge < -0.3 is 20.1 Å². The van der Waals surface area contributed by atoms with Crippen molar-refractivity contribution in [3.05, 3.63) is 30.6 Å². The number of ether oxygens (including phenoxy) is 1. The van der Waals surface area contributed by atoms with E-state index < -0.39 is 6.09 Å². The highest BCUT2D eigenvalue weighted by atomic mass is 16.5. The number of carbonyl (C=O) groups is 2. The second-order valence-electron chi connectivity index (χ2n) is 8.33. The Morgan fingerprint density at radius 3 is 2.84 bits per heavy atom. The van der Waals surface area contributed by atoms with Gasteiger partial charge in [-0.25, -0.2) is 9.31 Å². The van der Waals surface area contributed by atoms with Gasteiger partial charge in [0, 0.05) is 37.3 Å². The van der Waals surface area contributed by atoms with Crippen LogP contribution in [0.4, 0.5) is 10.6 Å². The van der Waals surface area contributed by atoms with Crippen LogP contribution in [-0.2, 0) is 11.8 Å². The van der Waals surface area contributed by atoms with Crippen LogP contribution < -0.4 is 10.1 Å². The summed E-state index contributed by atoms with van der Waals surface area (Å²) in [6.45, 7) is 2.90. The molecule has 1 saturated carbocycles. The van der Waals surface area contributed by atoms with Crippen molar-refractivity contribution < 1.29 is 19.4 Å². The summed E-state index contributed by atoms with van der Waals surface area (Å²) < 4.78 is 9.38. The van der Waals surface area contributed by atoms with E-state index in [1.807, 2.05) is 31.4 Å². The van der Waals surface area contributed by atoms with Gasteiger partial charge in [0.05, 0.1) is 17.8 Å². The number of rotatable bonds is 6. The topological polar surface area (TPSA) is 114 Å². The number of likely N-dealkylation sites (tertiary alicyclic amines) is 1. The minimum absolute atomic E-state index is 0.0184. The maximum Gasteiger partial charge on any atom is 0.407 e. The molecule has 0 radical (unpaired) electrons. The van der Waals surface area contributed by atoms with Crippen molar-refractivity contribution in [2.45, 2.75) is 25.8 Å². The van der Waals surface area contributed by atoms with Crippen LogP contribution in [0.5, 0.6) is 5.75 Å². The van der Waals surface area contributed by atoms with Crippen molar-refractivity contribution in [3.63, 3.8) is 0 Å². The Balaban J connectivity index is 1.35. The molecule has 10 nitrogen and oxygen atoms in total. The highest BCUT2D eigenvalue weighted by Gasteiger charge is 2.39. The third-order valence-corrected chi connectivity index (χ3v) is 6.16. The average Bonchev–Trinajstić information content (AvgIpc) is 3.12. The van der Waals surface area contributed by atoms with Gasteiger partial charge in [0.15, 0.2) is 11.6 Å². The van der Waals surface area contributed by atoms with Crippen molar-refractivity contribution in [2.75, 3.05) is 18.5 Å². The number of aryl methyl sites for hydroxylation is 1. The van der Waals surface area contributed by atoms with Crippen molar-refractivity contribution in [2.24, 2.45) is 18.9 Å². The van der Waals surface area contributed by atoms with Crippen LogP contribution >= 0.6 is 0 Å². The number of amides is 2. The molecular formula is C21H24N6O4. The van der Waals surface area contributed by atoms with Crippen LogP contribution in [0.15, 0.2) is 30.6 Å². The lowest BCUT2D eigenvalue weighted by atomic mass is 10.1. The molecule has 5 rings (SSSR count). The number of fused-ring (bicyclic) bond motifs is 1. The van der Waals surface area contributed by atoms with Crippen LogP contribution in [0.1, 0.15) is 19.8 Å². The molecule has 2 aliphatic rings. The predicted molar refractivity (Wildman–Crippen MR) is 112 cm³/mol. The molecule has 10 heteroatoms. The molecule has 0 bridgehead atoms. The van der Waals surface area contributed by atoms with Crippen molar-refractivity contribution >= 4 is 23.3 Å². The first-order chi connectivity index (χ1) is 14.9. The van der Waals surface area contributed by atoms with Crippen LogP contribution in [0.2, 0.25) is 0 Å². The average molecular weight is 424 g/mol. The van der Waals surface area contributed by atoms with Crippen LogP contribution in [0.25, 0.3) is 16.8 Å². The van der Waals surface area contributed by atoms with Gasteiger partial charge >= 0.3 is 6.09 Å². The maximum absolute atomic E-state index is 12.2. The second kappa shape index (κ2) is 7.29. The van der Waals surface area contributed by atoms with Gasteiger partial charge in [0.2, 0.25) is 5.91 Å². The summed E-state index contributed by atoms with van der Waals surface area (Å²) in [5, 5.41) is 20.8. The molecule has 3 atom stereocenters. The molecule has 1 aliphatic heterocycles. The first-order valence-corrected chi connectivity index (χ1v) is 10.4. The number of anilines is 1. The smallest absolute Gasteiger partial charge is 0.407 e. The van der Waals surface area contributed by atoms with E-state index >= 15 is 0 Å². The third kappa shape index (κ3) is 3.58. The third-order valence-electron chi connectivity index (χ3n) is 6.16. The zero-order valence-corrected chi connectivity index (χ0v) is 17.4. The van der Waals surface area contributed by atoms with E-state index in [4.69, 9.17) is 9.84 Å². The molecule has 1 unspecified atom stereocenters. The number of nitrogens with one attached hydrogen (secondary N) is 1. The van der Waals surface area contributed by atoms with E-state index in [9.17, 15) is 9.59 Å². The van der Waals surface area contributed by atoms with E-state index in [0.717, 1.165) is 29.6 Å². The summed E-state index contributed by atoms with van der Waals surface area (Å²) >= 11 is 0. The van der Waals surface area contributed by atoms with E-state index in [1.54, 1.807) is 15.4 Å². The molecule has 31 heavy (non-hydrogen) atoms. The first-order valence-electron chi connectivity index (χ1n) is 10.4. The number of carbonyl (C=O) groups excluding carboxylic acids is 1. The number of hydrogen-bond acceptors (Lipinski definition) is 5. The second-order valence-corrected chi connectivity index (χ2v) is 8.33. The summed E-state index contributed by atoms with van der Waals surface area (Å²) in [5.74, 6) is 1.67. The predicted octanol–water partition coefficient (Wildman–Crippen LogP) is 2.46. The molecule has 2 amide bonds. The fraction of sp³-hybridized carbons (Fsp3) is 0.429. The van der Waals surface area contributed by atoms with Gasteiger partial charge in [-0.05, 0) is 30.9 Å². The fourth-order valence-electron chi connectivity index (χ4n) is 4.01. The number of pyridine rings is 1. The molecule has 0 spiro atoms. The van der Waals surface area contributed by atoms with E-state index in [1.165, 1.54) is 4.90 Å². The zero-order chi connectivity index (χ0) is 21.7. The van der Waals surface area contributed by atoms with Crippen LogP contribution in [0.3, 0.4) is 0 Å². The quantitative estimate of drug-likeness (QED) is 0.628.